The van der Waals surface area contributed by atoms with Gasteiger partial charge in [0.1, 0.15) is 0 Å². The number of amides is 1. The Hall–Kier alpha value is -2.29. The van der Waals surface area contributed by atoms with Crippen molar-refractivity contribution in [2.24, 2.45) is 0 Å². The summed E-state index contributed by atoms with van der Waals surface area (Å²) in [5.74, 6) is -2.80. The predicted molar refractivity (Wildman–Crippen MR) is 84.8 cm³/mol. The van der Waals surface area contributed by atoms with Gasteiger partial charge in [-0.1, -0.05) is 0 Å². The van der Waals surface area contributed by atoms with Gasteiger partial charge in [0.2, 0.25) is 5.91 Å². The summed E-state index contributed by atoms with van der Waals surface area (Å²) in [6.07, 6.45) is 0.804. The van der Waals surface area contributed by atoms with Crippen molar-refractivity contribution in [1.82, 2.24) is 10.6 Å². The van der Waals surface area contributed by atoms with Crippen LogP contribution < -0.4 is 16.0 Å². The maximum Gasteiger partial charge on any atom is 0.305 e. The summed E-state index contributed by atoms with van der Waals surface area (Å²) in [5.41, 5.74) is 0.146. The number of hydrogen-bond donors (Lipinski definition) is 3. The number of hydrogen-bond acceptors (Lipinski definition) is 4. The Morgan fingerprint density at radius 1 is 1.22 bits per heavy atom. The molecule has 1 amide bonds. The molecule has 0 heterocycles. The van der Waals surface area contributed by atoms with Crippen molar-refractivity contribution in [2.75, 3.05) is 25.5 Å². The normalized spacial score (nSPS) is 9.87. The topological polar surface area (TPSA) is 79.5 Å². The predicted octanol–water partition coefficient (Wildman–Crippen LogP) is 1.32. The first-order valence-electron chi connectivity index (χ1n) is 6.75. The van der Waals surface area contributed by atoms with Gasteiger partial charge in [0, 0.05) is 24.7 Å². The molecule has 0 aliphatic carbocycles. The molecule has 0 radical (unpaired) electrons. The largest absolute Gasteiger partial charge is 0.469 e. The van der Waals surface area contributed by atoms with Crippen LogP contribution in [0.1, 0.15) is 12.8 Å². The van der Waals surface area contributed by atoms with Gasteiger partial charge in [0.25, 0.3) is 0 Å². The summed E-state index contributed by atoms with van der Waals surface area (Å²) in [6, 6.07) is 3.06. The van der Waals surface area contributed by atoms with Crippen molar-refractivity contribution < 1.29 is 23.1 Å². The highest BCUT2D eigenvalue weighted by Gasteiger charge is 2.07. The molecule has 126 valence electrons. The fourth-order valence-electron chi connectivity index (χ4n) is 1.54. The second-order valence-electron chi connectivity index (χ2n) is 4.47. The highest BCUT2D eigenvalue weighted by molar-refractivity contribution is 7.80. The summed E-state index contributed by atoms with van der Waals surface area (Å²) in [5, 5.41) is 8.12. The monoisotopic (exact) mass is 345 g/mol. The maximum atomic E-state index is 13.0. The number of anilines is 1. The van der Waals surface area contributed by atoms with Crippen LogP contribution in [-0.4, -0.2) is 37.2 Å². The van der Waals surface area contributed by atoms with Gasteiger partial charge in [-0.25, -0.2) is 8.78 Å². The third-order valence-electron chi connectivity index (χ3n) is 2.68. The van der Waals surface area contributed by atoms with Gasteiger partial charge >= 0.3 is 5.97 Å². The van der Waals surface area contributed by atoms with E-state index in [2.05, 4.69) is 20.7 Å². The first kappa shape index (κ1) is 18.8. The number of thiocarbonyl (C=S) groups is 1. The number of esters is 1. The average Bonchev–Trinajstić information content (AvgIpc) is 2.52. The van der Waals surface area contributed by atoms with Crippen LogP contribution in [0.3, 0.4) is 0 Å². The van der Waals surface area contributed by atoms with Gasteiger partial charge in [-0.3, -0.25) is 9.59 Å². The SMILES string of the molecule is COC(=O)CCCNC(=S)NCC(=O)Nc1ccc(F)c(F)c1. The number of carbonyl (C=O) groups excluding carboxylic acids is 2. The number of nitrogens with one attached hydrogen (secondary N) is 3. The van der Waals surface area contributed by atoms with E-state index in [9.17, 15) is 18.4 Å². The summed E-state index contributed by atoms with van der Waals surface area (Å²) >= 11 is 4.95. The molecule has 0 unspecified atom stereocenters. The van der Waals surface area contributed by atoms with Crippen molar-refractivity contribution >= 4 is 34.9 Å². The van der Waals surface area contributed by atoms with Crippen molar-refractivity contribution in [3.8, 4) is 0 Å². The van der Waals surface area contributed by atoms with E-state index in [4.69, 9.17) is 12.2 Å². The second kappa shape index (κ2) is 9.67. The molecule has 3 N–H and O–H groups in total. The van der Waals surface area contributed by atoms with E-state index >= 15 is 0 Å². The average molecular weight is 345 g/mol. The molecule has 0 aliphatic heterocycles. The molecule has 1 rings (SSSR count). The lowest BCUT2D eigenvalue weighted by molar-refractivity contribution is -0.140. The fraction of sp³-hybridized carbons (Fsp3) is 0.357. The highest BCUT2D eigenvalue weighted by atomic mass is 32.1. The summed E-state index contributed by atoms with van der Waals surface area (Å²) in [4.78, 5) is 22.5. The molecule has 0 saturated heterocycles. The lowest BCUT2D eigenvalue weighted by Gasteiger charge is -2.10. The molecule has 0 atom stereocenters. The lowest BCUT2D eigenvalue weighted by atomic mass is 10.3. The third-order valence-corrected chi connectivity index (χ3v) is 2.97. The third kappa shape index (κ3) is 7.50. The van der Waals surface area contributed by atoms with Gasteiger partial charge in [-0.2, -0.15) is 0 Å². The van der Waals surface area contributed by atoms with Crippen LogP contribution in [-0.2, 0) is 14.3 Å². The van der Waals surface area contributed by atoms with Gasteiger partial charge in [-0.15, -0.1) is 0 Å². The fourth-order valence-corrected chi connectivity index (χ4v) is 1.71. The van der Waals surface area contributed by atoms with Crippen LogP contribution in [0.5, 0.6) is 0 Å². The Morgan fingerprint density at radius 3 is 2.61 bits per heavy atom. The molecule has 0 aromatic heterocycles. The summed E-state index contributed by atoms with van der Waals surface area (Å²) in [6.45, 7) is 0.313. The lowest BCUT2D eigenvalue weighted by Crippen LogP contribution is -2.40. The van der Waals surface area contributed by atoms with Crippen LogP contribution >= 0.6 is 12.2 Å². The Kier molecular flexibility index (Phi) is 7.89. The molecule has 1 aromatic carbocycles. The molecule has 0 saturated carbocycles. The minimum absolute atomic E-state index is 0.137. The molecule has 0 fully saturated rings. The Balaban J connectivity index is 2.23. The van der Waals surface area contributed by atoms with E-state index in [1.165, 1.54) is 13.2 Å². The Bertz CT molecular complexity index is 584. The Labute approximate surface area is 137 Å². The molecule has 23 heavy (non-hydrogen) atoms. The van der Waals surface area contributed by atoms with Crippen molar-refractivity contribution in [3.05, 3.63) is 29.8 Å². The zero-order chi connectivity index (χ0) is 17.2. The quantitative estimate of drug-likeness (QED) is 0.393. The van der Waals surface area contributed by atoms with Crippen LogP contribution in [0.2, 0.25) is 0 Å². The minimum Gasteiger partial charge on any atom is -0.469 e. The zero-order valence-electron chi connectivity index (χ0n) is 12.4. The van der Waals surface area contributed by atoms with E-state index in [0.717, 1.165) is 12.1 Å². The van der Waals surface area contributed by atoms with E-state index in [1.54, 1.807) is 0 Å². The number of ether oxygens (including phenoxy) is 1. The smallest absolute Gasteiger partial charge is 0.305 e. The van der Waals surface area contributed by atoms with E-state index in [-0.39, 0.29) is 29.7 Å². The summed E-state index contributed by atoms with van der Waals surface area (Å²) in [7, 11) is 1.31. The zero-order valence-corrected chi connectivity index (χ0v) is 13.3. The van der Waals surface area contributed by atoms with Crippen molar-refractivity contribution in [1.29, 1.82) is 0 Å². The molecule has 9 heteroatoms. The van der Waals surface area contributed by atoms with E-state index in [0.29, 0.717) is 13.0 Å². The van der Waals surface area contributed by atoms with Crippen LogP contribution in [0.25, 0.3) is 0 Å². The number of carbonyl (C=O) groups is 2. The molecule has 0 aliphatic rings. The first-order valence-corrected chi connectivity index (χ1v) is 7.16. The molecule has 0 spiro atoms. The standard InChI is InChI=1S/C14H17F2N3O3S/c1-22-13(21)3-2-6-17-14(23)18-8-12(20)19-9-4-5-10(15)11(16)7-9/h4-5,7H,2-3,6,8H2,1H3,(H,19,20)(H2,17,18,23). The first-order chi connectivity index (χ1) is 10.9. The van der Waals surface area contributed by atoms with Gasteiger partial charge in [-0.05, 0) is 30.8 Å². The molecular weight excluding hydrogens is 328 g/mol. The number of methoxy groups -OCH3 is 1. The van der Waals surface area contributed by atoms with E-state index < -0.39 is 17.5 Å². The minimum atomic E-state index is -1.04. The molecule has 0 bridgehead atoms. The molecular formula is C14H17F2N3O3S. The number of rotatable bonds is 7. The van der Waals surface area contributed by atoms with Gasteiger partial charge in [0.05, 0.1) is 13.7 Å². The van der Waals surface area contributed by atoms with Crippen LogP contribution in [0, 0.1) is 11.6 Å². The molecule has 1 aromatic rings. The van der Waals surface area contributed by atoms with Gasteiger partial charge < -0.3 is 20.7 Å². The highest BCUT2D eigenvalue weighted by Crippen LogP contribution is 2.12. The van der Waals surface area contributed by atoms with Crippen LogP contribution in [0.4, 0.5) is 14.5 Å². The molecule has 6 nitrogen and oxygen atoms in total. The number of benzene rings is 1. The van der Waals surface area contributed by atoms with E-state index in [1.807, 2.05) is 0 Å². The maximum absolute atomic E-state index is 13.0. The van der Waals surface area contributed by atoms with Gasteiger partial charge in [0.15, 0.2) is 16.7 Å². The second-order valence-corrected chi connectivity index (χ2v) is 4.87. The Morgan fingerprint density at radius 2 is 1.96 bits per heavy atom. The number of halogens is 2. The van der Waals surface area contributed by atoms with Crippen molar-refractivity contribution in [3.63, 3.8) is 0 Å². The van der Waals surface area contributed by atoms with Crippen LogP contribution in [0.15, 0.2) is 18.2 Å². The van der Waals surface area contributed by atoms with Crippen molar-refractivity contribution in [2.45, 2.75) is 12.8 Å². The summed E-state index contributed by atoms with van der Waals surface area (Å²) < 4.78 is 30.2.